The number of nitro benzene ring substituents is 2. The molecule has 1 aliphatic rings. The molecule has 3 rings (SSSR count). The first-order valence-corrected chi connectivity index (χ1v) is 8.15. The minimum absolute atomic E-state index is 0.0126. The van der Waals surface area contributed by atoms with Crippen LogP contribution >= 0.6 is 0 Å². The van der Waals surface area contributed by atoms with Crippen molar-refractivity contribution in [3.05, 3.63) is 67.8 Å². The van der Waals surface area contributed by atoms with Crippen molar-refractivity contribution in [1.82, 2.24) is 0 Å². The van der Waals surface area contributed by atoms with E-state index in [2.05, 4.69) is 10.5 Å². The molecule has 0 saturated carbocycles. The average molecular weight is 402 g/mol. The van der Waals surface area contributed by atoms with Crippen molar-refractivity contribution in [1.29, 1.82) is 0 Å². The monoisotopic (exact) mass is 402 g/mol. The molecule has 0 unspecified atom stereocenters. The molecule has 2 aromatic rings. The molecule has 1 aliphatic heterocycles. The van der Waals surface area contributed by atoms with Gasteiger partial charge in [0.15, 0.2) is 6.79 Å². The number of carbonyl (C=O) groups excluding carboxylic acids is 1. The molecule has 0 fully saturated rings. The van der Waals surface area contributed by atoms with Gasteiger partial charge in [0, 0.05) is 41.1 Å². The van der Waals surface area contributed by atoms with Crippen LogP contribution in [-0.4, -0.2) is 28.8 Å². The number of benzene rings is 2. The molecule has 1 heterocycles. The Morgan fingerprint density at radius 3 is 2.59 bits per heavy atom. The van der Waals surface area contributed by atoms with E-state index in [1.165, 1.54) is 36.4 Å². The molecule has 0 atom stereocenters. The van der Waals surface area contributed by atoms with Gasteiger partial charge in [-0.3, -0.25) is 25.0 Å². The molecule has 12 nitrogen and oxygen atoms in total. The number of non-ortho nitro benzene ring substituents is 2. The van der Waals surface area contributed by atoms with Gasteiger partial charge in [-0.15, -0.1) is 0 Å². The molecule has 0 radical (unpaired) electrons. The summed E-state index contributed by atoms with van der Waals surface area (Å²) in [5.74, 6) is -0.197. The van der Waals surface area contributed by atoms with E-state index in [1.807, 2.05) is 0 Å². The molecule has 1 amide bonds. The molecule has 2 aromatic carbocycles. The number of hydrogen-bond acceptors (Lipinski definition) is 9. The van der Waals surface area contributed by atoms with E-state index in [4.69, 9.17) is 14.3 Å². The number of fused-ring (bicyclic) bond motifs is 1. The average Bonchev–Trinajstić information content (AvgIpc) is 2.71. The fraction of sp³-hybridized carbons (Fsp3) is 0.176. The van der Waals surface area contributed by atoms with Crippen LogP contribution in [0.2, 0.25) is 0 Å². The summed E-state index contributed by atoms with van der Waals surface area (Å²) in [4.78, 5) is 37.4. The van der Waals surface area contributed by atoms with E-state index in [0.717, 1.165) is 6.21 Å². The summed E-state index contributed by atoms with van der Waals surface area (Å²) in [6.07, 6.45) is 0.870. The van der Waals surface area contributed by atoms with Gasteiger partial charge in [-0.2, -0.15) is 0 Å². The Balaban J connectivity index is 1.59. The maximum absolute atomic E-state index is 11.8. The van der Waals surface area contributed by atoms with Crippen LogP contribution in [0, 0.1) is 20.2 Å². The van der Waals surface area contributed by atoms with Crippen molar-refractivity contribution in [2.24, 2.45) is 5.16 Å². The first kappa shape index (κ1) is 19.7. The number of hydrogen-bond donors (Lipinski definition) is 1. The minimum Gasteiger partial charge on any atom is -0.467 e. The number of nitro groups is 2. The molecule has 0 aliphatic carbocycles. The molecule has 12 heteroatoms. The molecule has 1 N–H and O–H groups in total. The van der Waals surface area contributed by atoms with Crippen molar-refractivity contribution in [3.63, 3.8) is 0 Å². The van der Waals surface area contributed by atoms with E-state index in [0.29, 0.717) is 22.6 Å². The van der Waals surface area contributed by atoms with Crippen LogP contribution in [-0.2, 0) is 27.6 Å². The van der Waals surface area contributed by atoms with Gasteiger partial charge in [-0.1, -0.05) is 5.16 Å². The van der Waals surface area contributed by atoms with E-state index < -0.39 is 15.8 Å². The zero-order valence-electron chi connectivity index (χ0n) is 14.8. The maximum atomic E-state index is 11.8. The third-order valence-corrected chi connectivity index (χ3v) is 3.79. The van der Waals surface area contributed by atoms with Gasteiger partial charge < -0.3 is 19.6 Å². The highest BCUT2D eigenvalue weighted by Crippen LogP contribution is 2.33. The Morgan fingerprint density at radius 1 is 1.17 bits per heavy atom. The summed E-state index contributed by atoms with van der Waals surface area (Å²) >= 11 is 0. The third-order valence-electron chi connectivity index (χ3n) is 3.79. The van der Waals surface area contributed by atoms with Gasteiger partial charge in [0.05, 0.1) is 16.5 Å². The van der Waals surface area contributed by atoms with Crippen LogP contribution in [0.1, 0.15) is 11.1 Å². The van der Waals surface area contributed by atoms with Crippen LogP contribution in [0.25, 0.3) is 0 Å². The Morgan fingerprint density at radius 2 is 1.90 bits per heavy atom. The summed E-state index contributed by atoms with van der Waals surface area (Å²) in [5.41, 5.74) is 1.01. The molecule has 0 saturated heterocycles. The van der Waals surface area contributed by atoms with Crippen LogP contribution in [0.5, 0.6) is 5.75 Å². The first-order chi connectivity index (χ1) is 13.9. The Labute approximate surface area is 163 Å². The summed E-state index contributed by atoms with van der Waals surface area (Å²) in [6, 6.07) is 7.91. The number of ether oxygens (including phenoxy) is 2. The second-order valence-electron chi connectivity index (χ2n) is 5.76. The number of nitrogens with zero attached hydrogens (tertiary/aromatic N) is 3. The van der Waals surface area contributed by atoms with Crippen molar-refractivity contribution >= 4 is 29.2 Å². The number of rotatable bonds is 7. The fourth-order valence-corrected chi connectivity index (χ4v) is 2.53. The topological polar surface area (TPSA) is 155 Å². The maximum Gasteiger partial charge on any atom is 0.270 e. The zero-order chi connectivity index (χ0) is 20.8. The van der Waals surface area contributed by atoms with Gasteiger partial charge in [0.2, 0.25) is 0 Å². The second-order valence-corrected chi connectivity index (χ2v) is 5.76. The van der Waals surface area contributed by atoms with E-state index in [9.17, 15) is 25.0 Å². The lowest BCUT2D eigenvalue weighted by Crippen LogP contribution is -2.14. The number of carbonyl (C=O) groups is 1. The normalized spacial score (nSPS) is 12.7. The summed E-state index contributed by atoms with van der Waals surface area (Å²) in [7, 11) is 0. The van der Waals surface area contributed by atoms with Crippen molar-refractivity contribution < 1.29 is 29.0 Å². The highest BCUT2D eigenvalue weighted by atomic mass is 16.7. The lowest BCUT2D eigenvalue weighted by Gasteiger charge is -2.19. The smallest absolute Gasteiger partial charge is 0.270 e. The van der Waals surface area contributed by atoms with Gasteiger partial charge in [0.25, 0.3) is 17.3 Å². The Kier molecular flexibility index (Phi) is 5.94. The Hall–Kier alpha value is -4.06. The first-order valence-electron chi connectivity index (χ1n) is 8.15. The number of nitrogens with one attached hydrogen (secondary N) is 1. The van der Waals surface area contributed by atoms with Gasteiger partial charge in [-0.05, 0) is 12.1 Å². The Bertz CT molecular complexity index is 974. The summed E-state index contributed by atoms with van der Waals surface area (Å²) in [6.45, 7) is 0.0228. The fourth-order valence-electron chi connectivity index (χ4n) is 2.53. The van der Waals surface area contributed by atoms with Crippen molar-refractivity contribution in [3.8, 4) is 5.75 Å². The van der Waals surface area contributed by atoms with Gasteiger partial charge >= 0.3 is 0 Å². The predicted octanol–water partition coefficient (Wildman–Crippen LogP) is 2.51. The summed E-state index contributed by atoms with van der Waals surface area (Å²) in [5, 5.41) is 27.6. The van der Waals surface area contributed by atoms with Crippen LogP contribution < -0.4 is 10.1 Å². The van der Waals surface area contributed by atoms with Crippen molar-refractivity contribution in [2.75, 3.05) is 12.1 Å². The molecule has 150 valence electrons. The van der Waals surface area contributed by atoms with E-state index >= 15 is 0 Å². The number of anilines is 1. The summed E-state index contributed by atoms with van der Waals surface area (Å²) < 4.78 is 10.5. The van der Waals surface area contributed by atoms with Crippen LogP contribution in [0.3, 0.4) is 0 Å². The predicted molar refractivity (Wildman–Crippen MR) is 98.4 cm³/mol. The number of oxime groups is 1. The molecular weight excluding hydrogens is 388 g/mol. The SMILES string of the molecule is O=C(/C=N/OCc1cc([N+](=O)[O-])cc2c1OCOC2)Nc1ccc([N+](=O)[O-])cc1. The molecule has 29 heavy (non-hydrogen) atoms. The highest BCUT2D eigenvalue weighted by molar-refractivity contribution is 6.31. The molecule has 0 spiro atoms. The second kappa shape index (κ2) is 8.75. The third kappa shape index (κ3) is 5.01. The molecular formula is C17H14N4O8. The lowest BCUT2D eigenvalue weighted by molar-refractivity contribution is -0.385. The largest absolute Gasteiger partial charge is 0.467 e. The highest BCUT2D eigenvalue weighted by Gasteiger charge is 2.21. The molecule has 0 aromatic heterocycles. The quantitative estimate of drug-likeness (QED) is 0.421. The van der Waals surface area contributed by atoms with Gasteiger partial charge in [-0.25, -0.2) is 0 Å². The van der Waals surface area contributed by atoms with Crippen LogP contribution in [0.4, 0.5) is 17.1 Å². The van der Waals surface area contributed by atoms with Gasteiger partial charge in [0.1, 0.15) is 18.6 Å². The minimum atomic E-state index is -0.621. The molecule has 0 bridgehead atoms. The zero-order valence-corrected chi connectivity index (χ0v) is 14.8. The number of amides is 1. The van der Waals surface area contributed by atoms with Crippen LogP contribution in [0.15, 0.2) is 41.6 Å². The van der Waals surface area contributed by atoms with E-state index in [-0.39, 0.29) is 31.4 Å². The van der Waals surface area contributed by atoms with Crippen molar-refractivity contribution in [2.45, 2.75) is 13.2 Å². The lowest BCUT2D eigenvalue weighted by atomic mass is 10.1. The van der Waals surface area contributed by atoms with E-state index in [1.54, 1.807) is 0 Å². The standard InChI is InChI=1S/C17H14N4O8/c22-16(19-13-1-3-14(4-2-13)20(23)24)7-18-29-9-12-6-15(21(25)26)5-11-8-27-10-28-17(11)12/h1-7H,8-10H2,(H,19,22)/b18-7+.